The molecule has 1 unspecified atom stereocenters. The summed E-state index contributed by atoms with van der Waals surface area (Å²) < 4.78 is 0. The lowest BCUT2D eigenvalue weighted by Crippen LogP contribution is -2.16. The van der Waals surface area contributed by atoms with E-state index < -0.39 is 5.91 Å². The molecule has 0 aliphatic carbocycles. The maximum Gasteiger partial charge on any atom is 0.252 e. The molecule has 0 aliphatic heterocycles. The summed E-state index contributed by atoms with van der Waals surface area (Å²) in [5.74, 6) is 0.0554. The zero-order chi connectivity index (χ0) is 12.3. The second-order valence-electron chi connectivity index (χ2n) is 3.65. The van der Waals surface area contributed by atoms with Crippen molar-refractivity contribution >= 4 is 23.1 Å². The van der Waals surface area contributed by atoms with Crippen molar-refractivity contribution in [1.29, 1.82) is 0 Å². The van der Waals surface area contributed by atoms with Crippen LogP contribution in [0.4, 0.5) is 5.82 Å². The Morgan fingerprint density at radius 2 is 2.29 bits per heavy atom. The van der Waals surface area contributed by atoms with Gasteiger partial charge in [-0.25, -0.2) is 4.98 Å². The summed E-state index contributed by atoms with van der Waals surface area (Å²) in [6.07, 6.45) is 1.63. The third-order valence-electron chi connectivity index (χ3n) is 2.40. The highest BCUT2D eigenvalue weighted by Gasteiger charge is 2.12. The highest BCUT2D eigenvalue weighted by molar-refractivity contribution is 7.10. The van der Waals surface area contributed by atoms with E-state index in [2.05, 4.69) is 10.3 Å². The second kappa shape index (κ2) is 4.97. The monoisotopic (exact) mass is 247 g/mol. The predicted octanol–water partition coefficient (Wildman–Crippen LogP) is 2.42. The van der Waals surface area contributed by atoms with Gasteiger partial charge in [0, 0.05) is 11.1 Å². The van der Waals surface area contributed by atoms with Crippen LogP contribution in [-0.4, -0.2) is 10.9 Å². The van der Waals surface area contributed by atoms with Gasteiger partial charge in [-0.1, -0.05) is 6.07 Å². The minimum Gasteiger partial charge on any atom is -0.365 e. The van der Waals surface area contributed by atoms with Crippen LogP contribution in [0.25, 0.3) is 0 Å². The molecule has 0 fully saturated rings. The molecule has 0 aromatic carbocycles. The average molecular weight is 247 g/mol. The lowest BCUT2D eigenvalue weighted by Gasteiger charge is -2.14. The van der Waals surface area contributed by atoms with Crippen molar-refractivity contribution in [3.8, 4) is 0 Å². The molecule has 2 heterocycles. The number of primary amides is 1. The van der Waals surface area contributed by atoms with E-state index >= 15 is 0 Å². The molecule has 0 radical (unpaired) electrons. The number of aromatic nitrogens is 1. The normalized spacial score (nSPS) is 12.1. The van der Waals surface area contributed by atoms with Gasteiger partial charge in [0.2, 0.25) is 0 Å². The molecule has 0 saturated carbocycles. The molecule has 2 aromatic heterocycles. The van der Waals surface area contributed by atoms with Gasteiger partial charge in [0.25, 0.3) is 5.91 Å². The predicted molar refractivity (Wildman–Crippen MR) is 69.1 cm³/mol. The van der Waals surface area contributed by atoms with Gasteiger partial charge >= 0.3 is 0 Å². The van der Waals surface area contributed by atoms with Crippen molar-refractivity contribution in [2.24, 2.45) is 5.73 Å². The maximum absolute atomic E-state index is 11.2. The quantitative estimate of drug-likeness (QED) is 0.871. The van der Waals surface area contributed by atoms with Crippen molar-refractivity contribution in [3.63, 3.8) is 0 Å². The number of hydrogen-bond acceptors (Lipinski definition) is 4. The Balaban J connectivity index is 2.21. The number of pyridine rings is 1. The summed E-state index contributed by atoms with van der Waals surface area (Å²) in [4.78, 5) is 16.6. The molecule has 4 nitrogen and oxygen atoms in total. The molecular formula is C12H13N3OS. The van der Waals surface area contributed by atoms with Crippen LogP contribution in [0.1, 0.15) is 28.2 Å². The lowest BCUT2D eigenvalue weighted by molar-refractivity contribution is 0.100. The number of amides is 1. The SMILES string of the molecule is CC(Nc1ncccc1C(N)=O)c1cccs1. The first kappa shape index (κ1) is 11.6. The van der Waals surface area contributed by atoms with E-state index in [1.807, 2.05) is 24.4 Å². The molecule has 3 N–H and O–H groups in total. The maximum atomic E-state index is 11.2. The van der Waals surface area contributed by atoms with Crippen molar-refractivity contribution in [2.45, 2.75) is 13.0 Å². The van der Waals surface area contributed by atoms with Gasteiger partial charge in [0.1, 0.15) is 5.82 Å². The fourth-order valence-corrected chi connectivity index (χ4v) is 2.27. The summed E-state index contributed by atoms with van der Waals surface area (Å²) in [6, 6.07) is 7.49. The van der Waals surface area contributed by atoms with Crippen LogP contribution in [0.5, 0.6) is 0 Å². The highest BCUT2D eigenvalue weighted by Crippen LogP contribution is 2.23. The average Bonchev–Trinajstić information content (AvgIpc) is 2.83. The van der Waals surface area contributed by atoms with Crippen LogP contribution in [-0.2, 0) is 0 Å². The Morgan fingerprint density at radius 3 is 2.94 bits per heavy atom. The van der Waals surface area contributed by atoms with Crippen LogP contribution in [0.15, 0.2) is 35.8 Å². The van der Waals surface area contributed by atoms with E-state index in [0.717, 1.165) is 0 Å². The standard InChI is InChI=1S/C12H13N3OS/c1-8(10-5-3-7-17-10)15-12-9(11(13)16)4-2-6-14-12/h2-8H,1H3,(H2,13,16)(H,14,15). The Hall–Kier alpha value is -1.88. The van der Waals surface area contributed by atoms with Crippen LogP contribution >= 0.6 is 11.3 Å². The minimum absolute atomic E-state index is 0.1000. The van der Waals surface area contributed by atoms with E-state index in [4.69, 9.17) is 5.73 Å². The Bertz CT molecular complexity index is 510. The molecule has 17 heavy (non-hydrogen) atoms. The van der Waals surface area contributed by atoms with E-state index in [1.165, 1.54) is 4.88 Å². The molecule has 2 rings (SSSR count). The largest absolute Gasteiger partial charge is 0.365 e. The number of rotatable bonds is 4. The second-order valence-corrected chi connectivity index (χ2v) is 4.62. The molecule has 0 bridgehead atoms. The van der Waals surface area contributed by atoms with Crippen molar-refractivity contribution in [1.82, 2.24) is 4.98 Å². The third-order valence-corrected chi connectivity index (χ3v) is 3.45. The molecule has 0 aliphatic rings. The van der Waals surface area contributed by atoms with Gasteiger partial charge in [0.05, 0.1) is 11.6 Å². The number of carbonyl (C=O) groups is 1. The summed E-state index contributed by atoms with van der Waals surface area (Å²) in [7, 11) is 0. The van der Waals surface area contributed by atoms with E-state index in [9.17, 15) is 4.79 Å². The number of anilines is 1. The lowest BCUT2D eigenvalue weighted by atomic mass is 10.2. The summed E-state index contributed by atoms with van der Waals surface area (Å²) >= 11 is 1.66. The van der Waals surface area contributed by atoms with Crippen LogP contribution in [0.2, 0.25) is 0 Å². The summed E-state index contributed by atoms with van der Waals surface area (Å²) in [5, 5.41) is 5.21. The van der Waals surface area contributed by atoms with E-state index in [0.29, 0.717) is 11.4 Å². The Morgan fingerprint density at radius 1 is 1.47 bits per heavy atom. The summed E-state index contributed by atoms with van der Waals surface area (Å²) in [5.41, 5.74) is 5.71. The fraction of sp³-hybridized carbons (Fsp3) is 0.167. The van der Waals surface area contributed by atoms with Crippen LogP contribution < -0.4 is 11.1 Å². The zero-order valence-corrected chi connectivity index (χ0v) is 10.2. The first-order chi connectivity index (χ1) is 8.18. The van der Waals surface area contributed by atoms with Gasteiger partial charge in [-0.2, -0.15) is 0 Å². The number of carbonyl (C=O) groups excluding carboxylic acids is 1. The topological polar surface area (TPSA) is 68.0 Å². The fourth-order valence-electron chi connectivity index (χ4n) is 1.53. The number of nitrogens with zero attached hydrogens (tertiary/aromatic N) is 1. The summed E-state index contributed by atoms with van der Waals surface area (Å²) in [6.45, 7) is 2.02. The zero-order valence-electron chi connectivity index (χ0n) is 9.38. The Kier molecular flexibility index (Phi) is 3.39. The number of thiophene rings is 1. The van der Waals surface area contributed by atoms with Gasteiger partial charge in [-0.15, -0.1) is 11.3 Å². The molecule has 1 atom stereocenters. The molecule has 0 saturated heterocycles. The van der Waals surface area contributed by atoms with Gasteiger partial charge in [0.15, 0.2) is 0 Å². The van der Waals surface area contributed by atoms with E-state index in [1.54, 1.807) is 29.7 Å². The van der Waals surface area contributed by atoms with Crippen molar-refractivity contribution in [2.75, 3.05) is 5.32 Å². The van der Waals surface area contributed by atoms with Gasteiger partial charge in [-0.3, -0.25) is 4.79 Å². The number of nitrogens with one attached hydrogen (secondary N) is 1. The molecule has 88 valence electrons. The molecule has 5 heteroatoms. The molecule has 1 amide bonds. The third kappa shape index (κ3) is 2.62. The number of hydrogen-bond donors (Lipinski definition) is 2. The minimum atomic E-state index is -0.473. The van der Waals surface area contributed by atoms with Gasteiger partial charge < -0.3 is 11.1 Å². The van der Waals surface area contributed by atoms with Crippen molar-refractivity contribution < 1.29 is 4.79 Å². The molecular weight excluding hydrogens is 234 g/mol. The van der Waals surface area contributed by atoms with Crippen LogP contribution in [0.3, 0.4) is 0 Å². The molecule has 2 aromatic rings. The van der Waals surface area contributed by atoms with E-state index in [-0.39, 0.29) is 6.04 Å². The van der Waals surface area contributed by atoms with Crippen LogP contribution in [0, 0.1) is 0 Å². The first-order valence-electron chi connectivity index (χ1n) is 5.23. The van der Waals surface area contributed by atoms with Crippen molar-refractivity contribution in [3.05, 3.63) is 46.3 Å². The Labute approximate surface area is 103 Å². The first-order valence-corrected chi connectivity index (χ1v) is 6.11. The smallest absolute Gasteiger partial charge is 0.252 e. The molecule has 0 spiro atoms. The number of nitrogens with two attached hydrogens (primary N) is 1. The van der Waals surface area contributed by atoms with Gasteiger partial charge in [-0.05, 0) is 30.5 Å². The highest BCUT2D eigenvalue weighted by atomic mass is 32.1.